The number of nitrogens with zero attached hydrogens (tertiary/aromatic N) is 3. The van der Waals surface area contributed by atoms with Crippen molar-refractivity contribution >= 4 is 22.7 Å². The summed E-state index contributed by atoms with van der Waals surface area (Å²) in [6.07, 6.45) is 2.95. The Morgan fingerprint density at radius 1 is 1.37 bits per heavy atom. The lowest BCUT2D eigenvalue weighted by Crippen LogP contribution is -2.25. The second kappa shape index (κ2) is 4.81. The van der Waals surface area contributed by atoms with Gasteiger partial charge in [-0.1, -0.05) is 6.07 Å². The Morgan fingerprint density at radius 2 is 2.26 bits per heavy atom. The molecule has 1 aromatic heterocycles. The van der Waals surface area contributed by atoms with Gasteiger partial charge in [0.2, 0.25) is 5.91 Å². The fraction of sp³-hybridized carbons (Fsp3) is 0.308. The van der Waals surface area contributed by atoms with Crippen molar-refractivity contribution in [2.24, 2.45) is 10.8 Å². The van der Waals surface area contributed by atoms with Crippen LogP contribution in [0.25, 0.3) is 11.0 Å². The van der Waals surface area contributed by atoms with E-state index in [1.807, 2.05) is 22.8 Å². The summed E-state index contributed by atoms with van der Waals surface area (Å²) < 4.78 is 2.03. The van der Waals surface area contributed by atoms with Gasteiger partial charge in [0.05, 0.1) is 23.1 Å². The SMILES string of the molecule is NCCn1cnc2cc(C3=NNC(=O)CC3)ccc21. The molecule has 0 aliphatic carbocycles. The first-order valence-corrected chi connectivity index (χ1v) is 6.28. The molecule has 98 valence electrons. The third kappa shape index (κ3) is 2.22. The molecule has 0 atom stereocenters. The van der Waals surface area contributed by atoms with E-state index in [2.05, 4.69) is 15.5 Å². The highest BCUT2D eigenvalue weighted by Gasteiger charge is 2.14. The molecule has 3 N–H and O–H groups in total. The van der Waals surface area contributed by atoms with Crippen LogP contribution in [0.5, 0.6) is 0 Å². The van der Waals surface area contributed by atoms with Crippen molar-refractivity contribution in [2.75, 3.05) is 6.54 Å². The van der Waals surface area contributed by atoms with E-state index in [4.69, 9.17) is 5.73 Å². The number of imidazole rings is 1. The van der Waals surface area contributed by atoms with Crippen molar-refractivity contribution in [3.8, 4) is 0 Å². The highest BCUT2D eigenvalue weighted by molar-refractivity contribution is 6.05. The van der Waals surface area contributed by atoms with E-state index in [0.29, 0.717) is 19.4 Å². The average Bonchev–Trinajstić information content (AvgIpc) is 2.83. The third-order valence-corrected chi connectivity index (χ3v) is 3.23. The van der Waals surface area contributed by atoms with Crippen LogP contribution < -0.4 is 11.2 Å². The molecular weight excluding hydrogens is 242 g/mol. The number of hydrogen-bond acceptors (Lipinski definition) is 4. The van der Waals surface area contributed by atoms with Gasteiger partial charge in [0.15, 0.2) is 0 Å². The number of hydrazone groups is 1. The average molecular weight is 257 g/mol. The van der Waals surface area contributed by atoms with Crippen molar-refractivity contribution in [1.82, 2.24) is 15.0 Å². The van der Waals surface area contributed by atoms with Crippen LogP contribution in [0.1, 0.15) is 18.4 Å². The van der Waals surface area contributed by atoms with Gasteiger partial charge in [0.25, 0.3) is 0 Å². The normalized spacial score (nSPS) is 15.4. The number of fused-ring (bicyclic) bond motifs is 1. The Kier molecular flexibility index (Phi) is 3.00. The number of aromatic nitrogens is 2. The first-order valence-electron chi connectivity index (χ1n) is 6.28. The number of carbonyl (C=O) groups excluding carboxylic acids is 1. The molecule has 6 heteroatoms. The molecule has 1 amide bonds. The van der Waals surface area contributed by atoms with Crippen LogP contribution in [0.4, 0.5) is 0 Å². The minimum Gasteiger partial charge on any atom is -0.329 e. The summed E-state index contributed by atoms with van der Waals surface area (Å²) in [6.45, 7) is 1.35. The highest BCUT2D eigenvalue weighted by atomic mass is 16.2. The predicted molar refractivity (Wildman–Crippen MR) is 72.7 cm³/mol. The standard InChI is InChI=1S/C13H15N5O/c14-5-6-18-8-15-11-7-9(1-3-12(11)18)10-2-4-13(19)17-16-10/h1,3,7-8H,2,4-6,14H2,(H,17,19). The molecule has 1 aliphatic heterocycles. The quantitative estimate of drug-likeness (QED) is 0.844. The molecule has 0 bridgehead atoms. The van der Waals surface area contributed by atoms with Crippen molar-refractivity contribution in [2.45, 2.75) is 19.4 Å². The van der Waals surface area contributed by atoms with Crippen LogP contribution in [0, 0.1) is 0 Å². The lowest BCUT2D eigenvalue weighted by atomic mass is 10.0. The zero-order valence-corrected chi connectivity index (χ0v) is 10.5. The van der Waals surface area contributed by atoms with Crippen LogP contribution in [-0.4, -0.2) is 27.7 Å². The Labute approximate surface area is 110 Å². The molecular formula is C13H15N5O. The lowest BCUT2D eigenvalue weighted by molar-refractivity contribution is -0.121. The molecule has 0 fully saturated rings. The van der Waals surface area contributed by atoms with Gasteiger partial charge in [-0.25, -0.2) is 10.4 Å². The first-order chi connectivity index (χ1) is 9.28. The molecule has 1 aromatic carbocycles. The second-order valence-electron chi connectivity index (χ2n) is 4.52. The van der Waals surface area contributed by atoms with E-state index in [0.717, 1.165) is 28.9 Å². The van der Waals surface area contributed by atoms with E-state index in [-0.39, 0.29) is 5.91 Å². The highest BCUT2D eigenvalue weighted by Crippen LogP contribution is 2.17. The Bertz CT molecular complexity index is 658. The van der Waals surface area contributed by atoms with E-state index >= 15 is 0 Å². The molecule has 0 spiro atoms. The number of amides is 1. The monoisotopic (exact) mass is 257 g/mol. The Morgan fingerprint density at radius 3 is 3.00 bits per heavy atom. The smallest absolute Gasteiger partial charge is 0.240 e. The molecule has 0 radical (unpaired) electrons. The van der Waals surface area contributed by atoms with E-state index in [9.17, 15) is 4.79 Å². The Balaban J connectivity index is 1.96. The molecule has 6 nitrogen and oxygen atoms in total. The maximum absolute atomic E-state index is 11.1. The summed E-state index contributed by atoms with van der Waals surface area (Å²) in [7, 11) is 0. The molecule has 0 saturated carbocycles. The summed E-state index contributed by atoms with van der Waals surface area (Å²) >= 11 is 0. The molecule has 0 unspecified atom stereocenters. The molecule has 0 saturated heterocycles. The molecule has 2 heterocycles. The van der Waals surface area contributed by atoms with Gasteiger partial charge in [-0.3, -0.25) is 4.79 Å². The fourth-order valence-corrected chi connectivity index (χ4v) is 2.24. The third-order valence-electron chi connectivity index (χ3n) is 3.23. The van der Waals surface area contributed by atoms with Crippen molar-refractivity contribution in [3.05, 3.63) is 30.1 Å². The van der Waals surface area contributed by atoms with E-state index < -0.39 is 0 Å². The number of carbonyl (C=O) groups is 1. The lowest BCUT2D eigenvalue weighted by Gasteiger charge is -2.12. The zero-order chi connectivity index (χ0) is 13.2. The van der Waals surface area contributed by atoms with E-state index in [1.165, 1.54) is 0 Å². The van der Waals surface area contributed by atoms with Crippen molar-refractivity contribution < 1.29 is 4.79 Å². The van der Waals surface area contributed by atoms with Gasteiger partial charge in [0, 0.05) is 31.5 Å². The Hall–Kier alpha value is -2.21. The largest absolute Gasteiger partial charge is 0.329 e. The molecule has 2 aromatic rings. The number of nitrogens with one attached hydrogen (secondary N) is 1. The minimum absolute atomic E-state index is 0.0305. The van der Waals surface area contributed by atoms with Crippen LogP contribution in [-0.2, 0) is 11.3 Å². The summed E-state index contributed by atoms with van der Waals surface area (Å²) in [5.74, 6) is -0.0305. The summed E-state index contributed by atoms with van der Waals surface area (Å²) in [6, 6.07) is 6.03. The topological polar surface area (TPSA) is 85.3 Å². The molecule has 3 rings (SSSR count). The van der Waals surface area contributed by atoms with Crippen LogP contribution in [0.15, 0.2) is 29.6 Å². The summed E-state index contributed by atoms with van der Waals surface area (Å²) in [5.41, 5.74) is 12.0. The minimum atomic E-state index is -0.0305. The van der Waals surface area contributed by atoms with Crippen molar-refractivity contribution in [3.63, 3.8) is 0 Å². The van der Waals surface area contributed by atoms with Crippen LogP contribution >= 0.6 is 0 Å². The maximum atomic E-state index is 11.1. The zero-order valence-electron chi connectivity index (χ0n) is 10.5. The van der Waals surface area contributed by atoms with Crippen LogP contribution in [0.2, 0.25) is 0 Å². The van der Waals surface area contributed by atoms with Gasteiger partial charge < -0.3 is 10.3 Å². The molecule has 19 heavy (non-hydrogen) atoms. The van der Waals surface area contributed by atoms with Gasteiger partial charge in [-0.15, -0.1) is 0 Å². The van der Waals surface area contributed by atoms with E-state index in [1.54, 1.807) is 6.33 Å². The number of hydrogen-bond donors (Lipinski definition) is 2. The summed E-state index contributed by atoms with van der Waals surface area (Å²) in [5, 5.41) is 4.09. The van der Waals surface area contributed by atoms with Gasteiger partial charge in [-0.2, -0.15) is 5.10 Å². The van der Waals surface area contributed by atoms with Crippen molar-refractivity contribution in [1.29, 1.82) is 0 Å². The van der Waals surface area contributed by atoms with Gasteiger partial charge in [-0.05, 0) is 12.1 Å². The fourth-order valence-electron chi connectivity index (χ4n) is 2.24. The molecule has 1 aliphatic rings. The van der Waals surface area contributed by atoms with Gasteiger partial charge >= 0.3 is 0 Å². The van der Waals surface area contributed by atoms with Gasteiger partial charge in [0.1, 0.15) is 0 Å². The number of rotatable bonds is 3. The predicted octanol–water partition coefficient (Wildman–Crippen LogP) is 0.609. The number of benzene rings is 1. The first kappa shape index (κ1) is 11.9. The number of nitrogens with two attached hydrogens (primary N) is 1. The van der Waals surface area contributed by atoms with Crippen LogP contribution in [0.3, 0.4) is 0 Å². The maximum Gasteiger partial charge on any atom is 0.240 e. The second-order valence-corrected chi connectivity index (χ2v) is 4.52. The summed E-state index contributed by atoms with van der Waals surface area (Å²) in [4.78, 5) is 15.5.